The summed E-state index contributed by atoms with van der Waals surface area (Å²) in [6, 6.07) is 0. The fourth-order valence-corrected chi connectivity index (χ4v) is 6.61. The number of fused-ring (bicyclic) bond motifs is 2. The lowest BCUT2D eigenvalue weighted by Gasteiger charge is -2.59. The highest BCUT2D eigenvalue weighted by molar-refractivity contribution is 8.23. The molecule has 0 amide bonds. The Morgan fingerprint density at radius 2 is 1.67 bits per heavy atom. The van der Waals surface area contributed by atoms with Gasteiger partial charge in [-0.2, -0.15) is 0 Å². The first-order valence-corrected chi connectivity index (χ1v) is 11.7. The topological polar surface area (TPSA) is 24.1 Å². The van der Waals surface area contributed by atoms with Gasteiger partial charge in [-0.15, -0.1) is 11.8 Å². The molecule has 0 bridgehead atoms. The van der Waals surface area contributed by atoms with Crippen molar-refractivity contribution in [2.75, 3.05) is 6.26 Å². The molecule has 3 aliphatic carbocycles. The third-order valence-corrected chi connectivity index (χ3v) is 8.37. The van der Waals surface area contributed by atoms with E-state index >= 15 is 0 Å². The molecule has 1 heterocycles. The minimum absolute atomic E-state index is 0.151. The second-order valence-electron chi connectivity index (χ2n) is 8.44. The molecule has 0 aromatic heterocycles. The molecule has 4 aliphatic rings. The lowest BCUT2D eigenvalue weighted by molar-refractivity contribution is 0.0246. The van der Waals surface area contributed by atoms with Gasteiger partial charge in [0.1, 0.15) is 0 Å². The number of thioether (sulfide) groups is 1. The number of hydrogen-bond acceptors (Lipinski definition) is 4. The first-order chi connectivity index (χ1) is 11.7. The van der Waals surface area contributed by atoms with Crippen LogP contribution in [0, 0.1) is 5.92 Å². The van der Waals surface area contributed by atoms with Crippen LogP contribution in [0.3, 0.4) is 0 Å². The summed E-state index contributed by atoms with van der Waals surface area (Å²) in [7, 11) is 0. The summed E-state index contributed by atoms with van der Waals surface area (Å²) >= 11 is 7.54. The van der Waals surface area contributed by atoms with Crippen LogP contribution in [0.5, 0.6) is 0 Å². The van der Waals surface area contributed by atoms with E-state index in [-0.39, 0.29) is 5.66 Å². The molecule has 1 saturated heterocycles. The van der Waals surface area contributed by atoms with Crippen molar-refractivity contribution in [3.05, 3.63) is 11.3 Å². The molecule has 2 saturated carbocycles. The Kier molecular flexibility index (Phi) is 5.01. The molecule has 3 fully saturated rings. The lowest BCUT2D eigenvalue weighted by Crippen LogP contribution is -2.73. The van der Waals surface area contributed by atoms with Gasteiger partial charge in [0.2, 0.25) is 0 Å². The summed E-state index contributed by atoms with van der Waals surface area (Å²) < 4.78 is 1.14. The molecular formula is C20H32N2S2. The molecule has 134 valence electrons. The molecule has 2 nitrogen and oxygen atoms in total. The van der Waals surface area contributed by atoms with Crippen LogP contribution in [0.1, 0.15) is 83.5 Å². The molecule has 4 rings (SSSR count). The molecule has 4 heteroatoms. The largest absolute Gasteiger partial charge is 0.370 e. The molecule has 1 atom stereocenters. The Hall–Kier alpha value is -0.0600. The van der Waals surface area contributed by atoms with Crippen LogP contribution >= 0.6 is 24.0 Å². The molecule has 24 heavy (non-hydrogen) atoms. The Balaban J connectivity index is 1.76. The predicted molar refractivity (Wildman–Crippen MR) is 108 cm³/mol. The fraction of sp³-hybridized carbons (Fsp3) is 0.850. The monoisotopic (exact) mass is 364 g/mol. The predicted octanol–water partition coefficient (Wildman–Crippen LogP) is 5.29. The van der Waals surface area contributed by atoms with Gasteiger partial charge in [0.15, 0.2) is 0 Å². The summed E-state index contributed by atoms with van der Waals surface area (Å²) in [5.41, 5.74) is 3.54. The molecule has 1 aliphatic heterocycles. The van der Waals surface area contributed by atoms with Crippen LogP contribution in [-0.4, -0.2) is 21.7 Å². The molecule has 0 aromatic rings. The highest BCUT2D eigenvalue weighted by Gasteiger charge is 2.53. The first kappa shape index (κ1) is 17.4. The van der Waals surface area contributed by atoms with Gasteiger partial charge in [-0.25, -0.2) is 0 Å². The first-order valence-electron chi connectivity index (χ1n) is 10.1. The number of rotatable bonds is 1. The fourth-order valence-electron chi connectivity index (χ4n) is 5.94. The standard InChI is InChI=1S/C20H32N2S2/c1-24-18(23)15-9-8-10-16-17(15)21-20(13-6-3-7-14-20)22-19(16)11-4-2-5-12-19/h16,21-22H,2-14H2,1H3. The SMILES string of the molecule is CSC(=S)C1=C2NC3(CCCCC3)NC3(CCCCC3)C2CCC1. The van der Waals surface area contributed by atoms with Crippen LogP contribution in [0.25, 0.3) is 0 Å². The van der Waals surface area contributed by atoms with E-state index in [4.69, 9.17) is 12.2 Å². The van der Waals surface area contributed by atoms with Crippen molar-refractivity contribution in [1.29, 1.82) is 0 Å². The van der Waals surface area contributed by atoms with Gasteiger partial charge in [0.05, 0.1) is 9.86 Å². The van der Waals surface area contributed by atoms with E-state index in [1.54, 1.807) is 17.5 Å². The summed E-state index contributed by atoms with van der Waals surface area (Å²) in [5, 5.41) is 8.34. The maximum absolute atomic E-state index is 5.77. The molecular weight excluding hydrogens is 332 g/mol. The van der Waals surface area contributed by atoms with Gasteiger partial charge >= 0.3 is 0 Å². The van der Waals surface area contributed by atoms with Gasteiger partial charge in [-0.05, 0) is 69.6 Å². The third kappa shape index (κ3) is 2.97. The second kappa shape index (κ2) is 6.92. The molecule has 2 spiro atoms. The number of thiocarbonyl (C=S) groups is 1. The van der Waals surface area contributed by atoms with E-state index in [2.05, 4.69) is 16.9 Å². The number of hydrogen-bond donors (Lipinski definition) is 2. The Bertz CT molecular complexity index is 528. The van der Waals surface area contributed by atoms with Crippen molar-refractivity contribution >= 4 is 28.2 Å². The molecule has 0 radical (unpaired) electrons. The van der Waals surface area contributed by atoms with Gasteiger partial charge < -0.3 is 5.32 Å². The Morgan fingerprint density at radius 3 is 2.33 bits per heavy atom. The van der Waals surface area contributed by atoms with Crippen molar-refractivity contribution in [1.82, 2.24) is 10.6 Å². The van der Waals surface area contributed by atoms with Gasteiger partial charge in [0, 0.05) is 17.2 Å². The zero-order valence-electron chi connectivity index (χ0n) is 15.1. The van der Waals surface area contributed by atoms with Crippen molar-refractivity contribution < 1.29 is 0 Å². The van der Waals surface area contributed by atoms with Gasteiger partial charge in [-0.3, -0.25) is 5.32 Å². The van der Waals surface area contributed by atoms with Crippen LogP contribution in [0.4, 0.5) is 0 Å². The second-order valence-corrected chi connectivity index (χ2v) is 9.92. The summed E-state index contributed by atoms with van der Waals surface area (Å²) in [6.07, 6.45) is 19.6. The van der Waals surface area contributed by atoms with Gasteiger partial charge in [0.25, 0.3) is 0 Å². The molecule has 0 aromatic carbocycles. The number of nitrogens with one attached hydrogen (secondary N) is 2. The summed E-state index contributed by atoms with van der Waals surface area (Å²) in [5.74, 6) is 0.666. The van der Waals surface area contributed by atoms with E-state index in [0.29, 0.717) is 11.5 Å². The van der Waals surface area contributed by atoms with E-state index < -0.39 is 0 Å². The van der Waals surface area contributed by atoms with Crippen LogP contribution < -0.4 is 10.6 Å². The quantitative estimate of drug-likeness (QED) is 0.618. The van der Waals surface area contributed by atoms with Crippen molar-refractivity contribution in [2.45, 2.75) is 94.7 Å². The maximum Gasteiger partial charge on any atom is 0.0883 e. The summed E-state index contributed by atoms with van der Waals surface area (Å²) in [4.78, 5) is 0. The highest BCUT2D eigenvalue weighted by Crippen LogP contribution is 2.49. The Morgan fingerprint density at radius 1 is 1.00 bits per heavy atom. The average molecular weight is 365 g/mol. The van der Waals surface area contributed by atoms with Crippen LogP contribution in [-0.2, 0) is 0 Å². The van der Waals surface area contributed by atoms with Crippen molar-refractivity contribution in [3.8, 4) is 0 Å². The van der Waals surface area contributed by atoms with Crippen LogP contribution in [0.15, 0.2) is 11.3 Å². The maximum atomic E-state index is 5.77. The molecule has 2 N–H and O–H groups in total. The van der Waals surface area contributed by atoms with Crippen molar-refractivity contribution in [2.24, 2.45) is 5.92 Å². The zero-order valence-corrected chi connectivity index (χ0v) is 16.7. The Labute approximate surface area is 157 Å². The van der Waals surface area contributed by atoms with Crippen LogP contribution in [0.2, 0.25) is 0 Å². The minimum atomic E-state index is 0.151. The summed E-state index contributed by atoms with van der Waals surface area (Å²) in [6.45, 7) is 0. The van der Waals surface area contributed by atoms with Crippen molar-refractivity contribution in [3.63, 3.8) is 0 Å². The lowest BCUT2D eigenvalue weighted by atomic mass is 9.64. The van der Waals surface area contributed by atoms with E-state index in [9.17, 15) is 0 Å². The average Bonchev–Trinajstić information content (AvgIpc) is 2.62. The van der Waals surface area contributed by atoms with E-state index in [1.165, 1.54) is 89.0 Å². The molecule has 1 unspecified atom stereocenters. The van der Waals surface area contributed by atoms with Gasteiger partial charge in [-0.1, -0.05) is 37.9 Å². The zero-order chi connectivity index (χ0) is 16.6. The smallest absolute Gasteiger partial charge is 0.0883 e. The highest BCUT2D eigenvalue weighted by atomic mass is 32.2. The third-order valence-electron chi connectivity index (χ3n) is 7.01. The van der Waals surface area contributed by atoms with E-state index in [1.807, 2.05) is 0 Å². The normalized spacial score (nSPS) is 31.6. The minimum Gasteiger partial charge on any atom is -0.370 e. The van der Waals surface area contributed by atoms with E-state index in [0.717, 1.165) is 4.20 Å².